The van der Waals surface area contributed by atoms with E-state index in [1.807, 2.05) is 35.8 Å². The number of carbonyl (C=O) groups excluding carboxylic acids is 1. The Hall–Kier alpha value is -2.34. The lowest BCUT2D eigenvalue weighted by Gasteiger charge is -2.40. The summed E-state index contributed by atoms with van der Waals surface area (Å²) in [5, 5.41) is 8.16. The fourth-order valence-electron chi connectivity index (χ4n) is 4.43. The van der Waals surface area contributed by atoms with Gasteiger partial charge in [0.2, 0.25) is 5.91 Å². The van der Waals surface area contributed by atoms with Crippen LogP contribution in [0.1, 0.15) is 48.2 Å². The topological polar surface area (TPSA) is 59.4 Å². The summed E-state index contributed by atoms with van der Waals surface area (Å²) >= 11 is 0. The summed E-state index contributed by atoms with van der Waals surface area (Å²) in [7, 11) is 5.55. The molecular weight excluding hydrogens is 328 g/mol. The number of nitrogens with zero attached hydrogens (tertiary/aromatic N) is 3. The minimum absolute atomic E-state index is 0.00147. The number of hydrogen-bond acceptors (Lipinski definition) is 4. The summed E-state index contributed by atoms with van der Waals surface area (Å²) in [4.78, 5) is 14.2. The molecule has 0 saturated carbocycles. The van der Waals surface area contributed by atoms with E-state index in [4.69, 9.17) is 4.74 Å². The molecule has 2 heterocycles. The number of piperidine rings is 1. The van der Waals surface area contributed by atoms with Crippen molar-refractivity contribution in [3.05, 3.63) is 47.3 Å². The minimum Gasteiger partial charge on any atom is -0.497 e. The van der Waals surface area contributed by atoms with Gasteiger partial charge in [0, 0.05) is 38.8 Å². The first-order valence-electron chi connectivity index (χ1n) is 9.25. The first-order chi connectivity index (χ1) is 12.6. The maximum Gasteiger partial charge on any atom is 0.222 e. The van der Waals surface area contributed by atoms with Crippen LogP contribution >= 0.6 is 0 Å². The van der Waals surface area contributed by atoms with Gasteiger partial charge < -0.3 is 15.0 Å². The van der Waals surface area contributed by atoms with E-state index in [9.17, 15) is 4.79 Å². The molecule has 1 N–H and O–H groups in total. The quantitative estimate of drug-likeness (QED) is 0.916. The molecule has 1 unspecified atom stereocenters. The molecule has 1 saturated heterocycles. The van der Waals surface area contributed by atoms with E-state index in [0.717, 1.165) is 30.7 Å². The number of carbonyl (C=O) groups is 1. The average Bonchev–Trinajstić information content (AvgIpc) is 3.24. The molecule has 6 heteroatoms. The van der Waals surface area contributed by atoms with Crippen molar-refractivity contribution in [3.63, 3.8) is 0 Å². The maximum atomic E-state index is 12.3. The second-order valence-corrected chi connectivity index (χ2v) is 7.30. The monoisotopic (exact) mass is 354 g/mol. The Balaban J connectivity index is 1.61. The van der Waals surface area contributed by atoms with E-state index >= 15 is 0 Å². The van der Waals surface area contributed by atoms with Gasteiger partial charge in [-0.25, -0.2) is 0 Å². The molecule has 1 aromatic carbocycles. The molecule has 0 spiro atoms. The third kappa shape index (κ3) is 2.88. The van der Waals surface area contributed by atoms with Crippen molar-refractivity contribution >= 4 is 5.91 Å². The maximum absolute atomic E-state index is 12.3. The Kier molecular flexibility index (Phi) is 4.44. The van der Waals surface area contributed by atoms with Crippen molar-refractivity contribution < 1.29 is 9.53 Å². The molecule has 1 aliphatic carbocycles. The zero-order valence-corrected chi connectivity index (χ0v) is 15.6. The third-order valence-electron chi connectivity index (χ3n) is 5.87. The van der Waals surface area contributed by atoms with Crippen molar-refractivity contribution in [1.29, 1.82) is 0 Å². The summed E-state index contributed by atoms with van der Waals surface area (Å²) in [6.07, 6.45) is 5.38. The highest BCUT2D eigenvalue weighted by Crippen LogP contribution is 2.37. The number of methoxy groups -OCH3 is 1. The highest BCUT2D eigenvalue weighted by Gasteiger charge is 2.38. The number of likely N-dealkylation sites (N-methyl/N-ethyl adjacent to an activating group) is 1. The predicted octanol–water partition coefficient (Wildman–Crippen LogP) is 2.37. The van der Waals surface area contributed by atoms with Crippen LogP contribution in [0.5, 0.6) is 5.75 Å². The van der Waals surface area contributed by atoms with Gasteiger partial charge in [0.15, 0.2) is 0 Å². The van der Waals surface area contributed by atoms with Gasteiger partial charge in [0.25, 0.3) is 0 Å². The summed E-state index contributed by atoms with van der Waals surface area (Å²) in [5.74, 6) is 1.10. The molecule has 138 valence electrons. The first kappa shape index (κ1) is 17.1. The molecule has 2 aliphatic rings. The third-order valence-corrected chi connectivity index (χ3v) is 5.87. The van der Waals surface area contributed by atoms with Gasteiger partial charge in [0.1, 0.15) is 5.75 Å². The molecule has 1 fully saturated rings. The number of rotatable bonds is 4. The van der Waals surface area contributed by atoms with Gasteiger partial charge in [-0.3, -0.25) is 9.48 Å². The molecule has 1 aliphatic heterocycles. The number of benzene rings is 1. The van der Waals surface area contributed by atoms with Crippen LogP contribution in [0, 0.1) is 0 Å². The Morgan fingerprint density at radius 1 is 1.19 bits per heavy atom. The fraction of sp³-hybridized carbons (Fsp3) is 0.500. The van der Waals surface area contributed by atoms with Gasteiger partial charge in [-0.15, -0.1) is 0 Å². The zero-order valence-electron chi connectivity index (χ0n) is 15.6. The van der Waals surface area contributed by atoms with E-state index < -0.39 is 0 Å². The molecule has 0 bridgehead atoms. The number of nitrogens with one attached hydrogen (secondary N) is 1. The predicted molar refractivity (Wildman–Crippen MR) is 98.9 cm³/mol. The lowest BCUT2D eigenvalue weighted by atomic mass is 9.92. The largest absolute Gasteiger partial charge is 0.497 e. The minimum atomic E-state index is -0.00147. The number of likely N-dealkylation sites (tertiary alicyclic amines) is 1. The SMILES string of the molecule is COc1ccc2c(c1)C(N[C@@H]1CCC(=O)N(C)[C@H]1c1ccnn1C)CC2. The molecule has 1 amide bonds. The van der Waals surface area contributed by atoms with E-state index in [0.29, 0.717) is 12.5 Å². The van der Waals surface area contributed by atoms with Crippen molar-refractivity contribution in [2.45, 2.75) is 43.8 Å². The van der Waals surface area contributed by atoms with Crippen molar-refractivity contribution in [2.75, 3.05) is 14.2 Å². The number of aryl methyl sites for hydroxylation is 2. The first-order valence-corrected chi connectivity index (χ1v) is 9.25. The fourth-order valence-corrected chi connectivity index (χ4v) is 4.43. The molecular formula is C20H26N4O2. The highest BCUT2D eigenvalue weighted by molar-refractivity contribution is 5.77. The van der Waals surface area contributed by atoms with Crippen LogP contribution in [0.15, 0.2) is 30.5 Å². The Bertz CT molecular complexity index is 816. The normalized spacial score (nSPS) is 25.4. The number of amides is 1. The van der Waals surface area contributed by atoms with Gasteiger partial charge >= 0.3 is 0 Å². The molecule has 4 rings (SSSR count). The van der Waals surface area contributed by atoms with Crippen LogP contribution < -0.4 is 10.1 Å². The second kappa shape index (κ2) is 6.76. The summed E-state index contributed by atoms with van der Waals surface area (Å²) in [6, 6.07) is 8.87. The van der Waals surface area contributed by atoms with Crippen LogP contribution in [0.3, 0.4) is 0 Å². The van der Waals surface area contributed by atoms with Crippen molar-refractivity contribution in [1.82, 2.24) is 20.0 Å². The van der Waals surface area contributed by atoms with Gasteiger partial charge in [-0.2, -0.15) is 5.10 Å². The molecule has 26 heavy (non-hydrogen) atoms. The number of aromatic nitrogens is 2. The van der Waals surface area contributed by atoms with Gasteiger partial charge in [-0.1, -0.05) is 6.07 Å². The molecule has 2 aromatic rings. The summed E-state index contributed by atoms with van der Waals surface area (Å²) in [5.41, 5.74) is 3.79. The molecule has 1 aromatic heterocycles. The molecule has 3 atom stereocenters. The zero-order chi connectivity index (χ0) is 18.3. The van der Waals surface area contributed by atoms with Crippen LogP contribution in [-0.2, 0) is 18.3 Å². The number of fused-ring (bicyclic) bond motifs is 1. The molecule has 0 radical (unpaired) electrons. The van der Waals surface area contributed by atoms with Crippen molar-refractivity contribution in [3.8, 4) is 5.75 Å². The van der Waals surface area contributed by atoms with Crippen LogP contribution in [0.2, 0.25) is 0 Å². The summed E-state index contributed by atoms with van der Waals surface area (Å²) < 4.78 is 7.29. The lowest BCUT2D eigenvalue weighted by molar-refractivity contribution is -0.136. The molecule has 6 nitrogen and oxygen atoms in total. The van der Waals surface area contributed by atoms with E-state index in [1.54, 1.807) is 13.3 Å². The number of hydrogen-bond donors (Lipinski definition) is 1. The van der Waals surface area contributed by atoms with Gasteiger partial charge in [0.05, 0.1) is 18.8 Å². The van der Waals surface area contributed by atoms with Gasteiger partial charge in [-0.05, 0) is 48.6 Å². The van der Waals surface area contributed by atoms with Crippen LogP contribution in [-0.4, -0.2) is 40.8 Å². The smallest absolute Gasteiger partial charge is 0.222 e. The highest BCUT2D eigenvalue weighted by atomic mass is 16.5. The van der Waals surface area contributed by atoms with E-state index in [1.165, 1.54) is 11.1 Å². The Labute approximate surface area is 154 Å². The standard InChI is InChI=1S/C20H26N4O2/c1-23-19(25)9-8-17(20(23)18-10-11-21-24(18)2)22-16-7-5-13-4-6-14(26-3)12-15(13)16/h4,6,10-12,16-17,20,22H,5,7-9H2,1-3H3/t16?,17-,20-/m1/s1. The van der Waals surface area contributed by atoms with Crippen LogP contribution in [0.25, 0.3) is 0 Å². The summed E-state index contributed by atoms with van der Waals surface area (Å²) in [6.45, 7) is 0. The average molecular weight is 354 g/mol. The number of ether oxygens (including phenoxy) is 1. The van der Waals surface area contributed by atoms with E-state index in [2.05, 4.69) is 22.5 Å². The second-order valence-electron chi connectivity index (χ2n) is 7.30. The Morgan fingerprint density at radius 2 is 2.04 bits per heavy atom. The Morgan fingerprint density at radius 3 is 2.77 bits per heavy atom. The van der Waals surface area contributed by atoms with Crippen LogP contribution in [0.4, 0.5) is 0 Å². The van der Waals surface area contributed by atoms with E-state index in [-0.39, 0.29) is 18.0 Å². The van der Waals surface area contributed by atoms with Crippen molar-refractivity contribution in [2.24, 2.45) is 7.05 Å². The lowest BCUT2D eigenvalue weighted by Crippen LogP contribution is -2.50.